The van der Waals surface area contributed by atoms with E-state index >= 15 is 0 Å². The molecule has 4 atom stereocenters. The van der Waals surface area contributed by atoms with Crippen molar-refractivity contribution in [2.75, 3.05) is 19.6 Å². The zero-order valence-corrected chi connectivity index (χ0v) is 37.0. The van der Waals surface area contributed by atoms with Gasteiger partial charge in [-0.05, 0) is 56.5 Å². The lowest BCUT2D eigenvalue weighted by atomic mass is 9.95. The van der Waals surface area contributed by atoms with Crippen molar-refractivity contribution in [1.82, 2.24) is 25.8 Å². The third kappa shape index (κ3) is 11.8. The summed E-state index contributed by atoms with van der Waals surface area (Å²) >= 11 is 1.23. The molecule has 0 saturated carbocycles. The SMILES string of the molecule is CC(=O)Oc1cccc(C(=O)NCCCCN(CC(=O)N[C@@H](C(=O)N[C@@H]2C(=O)N3C2SC(C)(C)C3C(=O)O)c2ccccc2)C(=O)c2cccc(OC(C)=O)c2OC(C)=O)c1OC(C)=O. The highest BCUT2D eigenvalue weighted by Gasteiger charge is 2.64. The van der Waals surface area contributed by atoms with Crippen LogP contribution in [0.4, 0.5) is 0 Å². The number of hydrogen-bond acceptors (Lipinski definition) is 15. The number of rotatable bonds is 18. The number of fused-ring (bicyclic) bond motifs is 1. The van der Waals surface area contributed by atoms with Crippen LogP contribution in [0.25, 0.3) is 0 Å². The number of carbonyl (C=O) groups is 10. The average molecular weight is 918 g/mol. The normalized spacial score (nSPS) is 17.2. The molecule has 2 saturated heterocycles. The van der Waals surface area contributed by atoms with Gasteiger partial charge in [0.15, 0.2) is 23.0 Å². The fourth-order valence-corrected chi connectivity index (χ4v) is 8.83. The summed E-state index contributed by atoms with van der Waals surface area (Å²) in [4.78, 5) is 131. The Kier molecular flexibility index (Phi) is 15.7. The minimum absolute atomic E-state index is 0.00222. The number of para-hydroxylation sites is 2. The summed E-state index contributed by atoms with van der Waals surface area (Å²) in [6.45, 7) is 6.96. The number of aliphatic carboxylic acids is 1. The standard InChI is InChI=1S/C44H47N5O15S/c1-23(50)61-30-18-12-16-28(35(30)63-25(3)52)38(55)45-20-10-11-21-48(40(57)29-17-13-19-31(62-24(2)51)36(29)64-26(4)53)22-32(54)46-33(27-14-8-7-9-15-27)39(56)47-34-41(58)49-37(43(59)60)44(5,6)65-42(34)49/h7-9,12-19,33-34,37,42H,10-11,20-22H2,1-6H3,(H,45,55)(H,46,54)(H,47,56)(H,59,60)/t33-,34-,37?,42?/m1/s1. The first kappa shape index (κ1) is 48.7. The average Bonchev–Trinajstić information content (AvgIpc) is 3.49. The van der Waals surface area contributed by atoms with Gasteiger partial charge >= 0.3 is 29.8 Å². The van der Waals surface area contributed by atoms with E-state index in [0.717, 1.165) is 32.6 Å². The van der Waals surface area contributed by atoms with Crippen molar-refractivity contribution in [3.8, 4) is 23.0 Å². The van der Waals surface area contributed by atoms with Crippen LogP contribution in [-0.4, -0.2) is 116 Å². The van der Waals surface area contributed by atoms with Gasteiger partial charge in [-0.3, -0.25) is 43.2 Å². The molecule has 2 heterocycles. The predicted octanol–water partition coefficient (Wildman–Crippen LogP) is 2.53. The molecule has 2 fully saturated rings. The van der Waals surface area contributed by atoms with Crippen LogP contribution in [0.3, 0.4) is 0 Å². The molecule has 3 aromatic carbocycles. The third-order valence-electron chi connectivity index (χ3n) is 9.87. The third-order valence-corrected chi connectivity index (χ3v) is 11.4. The minimum Gasteiger partial charge on any atom is -0.480 e. The molecule has 65 heavy (non-hydrogen) atoms. The molecule has 5 rings (SSSR count). The number of thioether (sulfide) groups is 1. The van der Waals surface area contributed by atoms with Crippen molar-refractivity contribution in [2.45, 2.75) is 82.6 Å². The van der Waals surface area contributed by atoms with Crippen LogP contribution in [-0.2, 0) is 38.4 Å². The molecular weight excluding hydrogens is 871 g/mol. The highest BCUT2D eigenvalue weighted by Crippen LogP contribution is 2.51. The second-order valence-electron chi connectivity index (χ2n) is 15.3. The van der Waals surface area contributed by atoms with Gasteiger partial charge in [-0.25, -0.2) is 4.79 Å². The summed E-state index contributed by atoms with van der Waals surface area (Å²) < 4.78 is 19.9. The number of esters is 4. The van der Waals surface area contributed by atoms with Gasteiger partial charge in [0, 0.05) is 45.5 Å². The number of β-lactam (4-membered cyclic amide) rings is 1. The molecule has 0 radical (unpaired) electrons. The summed E-state index contributed by atoms with van der Waals surface area (Å²) in [7, 11) is 0. The predicted molar refractivity (Wildman–Crippen MR) is 229 cm³/mol. The minimum atomic E-state index is -1.40. The molecule has 0 aliphatic carbocycles. The van der Waals surface area contributed by atoms with Crippen molar-refractivity contribution < 1.29 is 72.0 Å². The number of hydrogen-bond donors (Lipinski definition) is 4. The van der Waals surface area contributed by atoms with Crippen LogP contribution in [0.15, 0.2) is 66.7 Å². The molecule has 0 aromatic heterocycles. The van der Waals surface area contributed by atoms with Gasteiger partial charge < -0.3 is 49.8 Å². The maximum absolute atomic E-state index is 14.4. The lowest BCUT2D eigenvalue weighted by molar-refractivity contribution is -0.161. The number of nitrogens with one attached hydrogen (secondary N) is 3. The molecular formula is C44H47N5O15S. The Morgan fingerprint density at radius 2 is 1.31 bits per heavy atom. The molecule has 20 nitrogen and oxygen atoms in total. The van der Waals surface area contributed by atoms with Crippen LogP contribution in [0.2, 0.25) is 0 Å². The first-order valence-corrected chi connectivity index (χ1v) is 21.0. The smallest absolute Gasteiger partial charge is 0.327 e. The highest BCUT2D eigenvalue weighted by molar-refractivity contribution is 8.01. The van der Waals surface area contributed by atoms with E-state index in [1.807, 2.05) is 0 Å². The van der Waals surface area contributed by atoms with Crippen LogP contribution in [0.5, 0.6) is 23.0 Å². The van der Waals surface area contributed by atoms with Crippen molar-refractivity contribution in [1.29, 1.82) is 0 Å². The van der Waals surface area contributed by atoms with Gasteiger partial charge in [0.25, 0.3) is 11.8 Å². The topological polar surface area (TPSA) is 270 Å². The summed E-state index contributed by atoms with van der Waals surface area (Å²) in [5, 5.41) is 17.1. The van der Waals surface area contributed by atoms with Crippen LogP contribution >= 0.6 is 11.8 Å². The number of carboxylic acid groups (broad SMARTS) is 1. The summed E-state index contributed by atoms with van der Waals surface area (Å²) in [5.41, 5.74) is -0.0444. The largest absolute Gasteiger partial charge is 0.480 e. The maximum atomic E-state index is 14.4. The van der Waals surface area contributed by atoms with Gasteiger partial charge in [-0.2, -0.15) is 0 Å². The number of unbranched alkanes of at least 4 members (excludes halogenated alkanes) is 1. The van der Waals surface area contributed by atoms with E-state index in [9.17, 15) is 53.1 Å². The van der Waals surface area contributed by atoms with Gasteiger partial charge in [0.05, 0.1) is 17.7 Å². The number of carboxylic acids is 1. The maximum Gasteiger partial charge on any atom is 0.327 e. The van der Waals surface area contributed by atoms with Crippen molar-refractivity contribution in [3.05, 3.63) is 83.4 Å². The van der Waals surface area contributed by atoms with E-state index in [1.54, 1.807) is 44.2 Å². The number of ether oxygens (including phenoxy) is 4. The molecule has 344 valence electrons. The van der Waals surface area contributed by atoms with Gasteiger partial charge in [-0.15, -0.1) is 11.8 Å². The van der Waals surface area contributed by atoms with Crippen molar-refractivity contribution >= 4 is 71.1 Å². The summed E-state index contributed by atoms with van der Waals surface area (Å²) in [6, 6.07) is 12.5. The molecule has 2 unspecified atom stereocenters. The molecule has 5 amide bonds. The Morgan fingerprint density at radius 3 is 1.86 bits per heavy atom. The van der Waals surface area contributed by atoms with Gasteiger partial charge in [0.1, 0.15) is 23.5 Å². The lowest BCUT2D eigenvalue weighted by Crippen LogP contribution is -2.71. The second-order valence-corrected chi connectivity index (χ2v) is 17.1. The Balaban J connectivity index is 1.36. The number of benzene rings is 3. The van der Waals surface area contributed by atoms with Crippen LogP contribution in [0.1, 0.15) is 86.7 Å². The fraction of sp³-hybridized carbons (Fsp3) is 0.364. The fourth-order valence-electron chi connectivity index (χ4n) is 7.20. The number of carbonyl (C=O) groups excluding carboxylic acids is 9. The Bertz CT molecular complexity index is 2410. The number of nitrogens with zero attached hydrogens (tertiary/aromatic N) is 2. The zero-order chi connectivity index (χ0) is 47.7. The molecule has 2 aliphatic rings. The molecule has 0 bridgehead atoms. The first-order chi connectivity index (χ1) is 30.7. The van der Waals surface area contributed by atoms with E-state index in [0.29, 0.717) is 5.56 Å². The van der Waals surface area contributed by atoms with E-state index < -0.39 is 99.9 Å². The van der Waals surface area contributed by atoms with Crippen LogP contribution in [0, 0.1) is 0 Å². The first-order valence-electron chi connectivity index (χ1n) is 20.1. The summed E-state index contributed by atoms with van der Waals surface area (Å²) in [6.07, 6.45) is 0.347. The zero-order valence-electron chi connectivity index (χ0n) is 36.2. The van der Waals surface area contributed by atoms with E-state index in [1.165, 1.54) is 53.1 Å². The van der Waals surface area contributed by atoms with Crippen LogP contribution < -0.4 is 34.9 Å². The monoisotopic (exact) mass is 917 g/mol. The highest BCUT2D eigenvalue weighted by atomic mass is 32.2. The molecule has 0 spiro atoms. The second kappa shape index (κ2) is 20.9. The van der Waals surface area contributed by atoms with E-state index in [2.05, 4.69) is 16.0 Å². The quantitative estimate of drug-likeness (QED) is 0.0618. The molecule has 3 aromatic rings. The van der Waals surface area contributed by atoms with Crippen molar-refractivity contribution in [2.24, 2.45) is 0 Å². The molecule has 21 heteroatoms. The Labute approximate surface area is 376 Å². The van der Waals surface area contributed by atoms with E-state index in [-0.39, 0.29) is 54.3 Å². The van der Waals surface area contributed by atoms with Gasteiger partial charge in [-0.1, -0.05) is 42.5 Å². The Morgan fingerprint density at radius 1 is 0.754 bits per heavy atom. The lowest BCUT2D eigenvalue weighted by Gasteiger charge is -2.44. The molecule has 2 aliphatic heterocycles. The number of amides is 5. The molecule has 4 N–H and O–H groups in total. The summed E-state index contributed by atoms with van der Waals surface area (Å²) in [5.74, 6) is -9.12. The van der Waals surface area contributed by atoms with Gasteiger partial charge in [0.2, 0.25) is 17.7 Å². The van der Waals surface area contributed by atoms with Crippen molar-refractivity contribution in [3.63, 3.8) is 0 Å². The Hall–Kier alpha value is -7.29. The van der Waals surface area contributed by atoms with E-state index in [4.69, 9.17) is 18.9 Å².